The Morgan fingerprint density at radius 2 is 2.23 bits per heavy atom. The van der Waals surface area contributed by atoms with E-state index in [0.29, 0.717) is 0 Å². The van der Waals surface area contributed by atoms with E-state index in [-0.39, 0.29) is 18.2 Å². The molecule has 0 bridgehead atoms. The van der Waals surface area contributed by atoms with Gasteiger partial charge < -0.3 is 5.11 Å². The topological polar surface area (TPSA) is 48.9 Å². The van der Waals surface area contributed by atoms with Gasteiger partial charge in [-0.05, 0) is 18.6 Å². The van der Waals surface area contributed by atoms with Crippen molar-refractivity contribution in [3.8, 4) is 5.75 Å². The number of nitrogens with one attached hydrogen (secondary N) is 1. The molecule has 1 heterocycles. The molecule has 0 saturated carbocycles. The van der Waals surface area contributed by atoms with Gasteiger partial charge in [0.05, 0.1) is 5.52 Å². The number of aromatic hydroxyl groups is 1. The largest absolute Gasteiger partial charge is 0.508 e. The molecule has 0 saturated heterocycles. The lowest BCUT2D eigenvalue weighted by atomic mass is 10.2. The minimum absolute atomic E-state index is 0. The Balaban J connectivity index is 0.000000845. The maximum Gasteiger partial charge on any atom is 0.117 e. The fraction of sp³-hybridized carbons (Fsp3) is 0.222. The van der Waals surface area contributed by atoms with Crippen LogP contribution in [0.2, 0.25) is 0 Å². The van der Waals surface area contributed by atoms with Crippen LogP contribution in [0.4, 0.5) is 0 Å². The molecule has 0 atom stereocenters. The SMILES string of the molecule is CCc1[nH]nc2cc(O)ccc12.Cl. The van der Waals surface area contributed by atoms with Crippen molar-refractivity contribution < 1.29 is 5.11 Å². The van der Waals surface area contributed by atoms with Crippen LogP contribution in [-0.4, -0.2) is 15.3 Å². The zero-order valence-electron chi connectivity index (χ0n) is 7.24. The molecule has 2 N–H and O–H groups in total. The molecule has 0 fully saturated rings. The number of fused-ring (bicyclic) bond motifs is 1. The molecule has 70 valence electrons. The Bertz CT molecular complexity index is 411. The van der Waals surface area contributed by atoms with Gasteiger partial charge in [-0.1, -0.05) is 6.92 Å². The number of phenols is 1. The standard InChI is InChI=1S/C9H10N2O.ClH/c1-2-8-7-4-3-6(12)5-9(7)11-10-8;/h3-5,12H,2H2,1H3,(H,10,11);1H. The minimum atomic E-state index is 0. The highest BCUT2D eigenvalue weighted by Crippen LogP contribution is 2.20. The van der Waals surface area contributed by atoms with Gasteiger partial charge in [0.2, 0.25) is 0 Å². The molecule has 2 rings (SSSR count). The summed E-state index contributed by atoms with van der Waals surface area (Å²) in [6, 6.07) is 5.22. The first-order valence-electron chi connectivity index (χ1n) is 3.97. The van der Waals surface area contributed by atoms with Crippen LogP contribution in [0.15, 0.2) is 18.2 Å². The Morgan fingerprint density at radius 1 is 1.46 bits per heavy atom. The van der Waals surface area contributed by atoms with E-state index in [4.69, 9.17) is 5.11 Å². The first-order chi connectivity index (χ1) is 5.81. The summed E-state index contributed by atoms with van der Waals surface area (Å²) in [4.78, 5) is 0. The third kappa shape index (κ3) is 1.60. The van der Waals surface area contributed by atoms with Gasteiger partial charge >= 0.3 is 0 Å². The predicted octanol–water partition coefficient (Wildman–Crippen LogP) is 2.25. The lowest BCUT2D eigenvalue weighted by molar-refractivity contribution is 0.476. The van der Waals surface area contributed by atoms with Gasteiger partial charge in [0.15, 0.2) is 0 Å². The number of nitrogens with zero attached hydrogens (tertiary/aromatic N) is 1. The number of phenolic OH excluding ortho intramolecular Hbond substituents is 1. The van der Waals surface area contributed by atoms with Crippen LogP contribution < -0.4 is 0 Å². The van der Waals surface area contributed by atoms with Gasteiger partial charge in [0.1, 0.15) is 5.75 Å². The van der Waals surface area contributed by atoms with Crippen LogP contribution in [0.1, 0.15) is 12.6 Å². The normalized spacial score (nSPS) is 9.92. The molecule has 13 heavy (non-hydrogen) atoms. The molecule has 2 aromatic rings. The number of rotatable bonds is 1. The summed E-state index contributed by atoms with van der Waals surface area (Å²) in [7, 11) is 0. The summed E-state index contributed by atoms with van der Waals surface area (Å²) in [5.41, 5.74) is 1.94. The molecule has 0 aliphatic carbocycles. The van der Waals surface area contributed by atoms with Gasteiger partial charge in [-0.25, -0.2) is 0 Å². The Labute approximate surface area is 82.2 Å². The number of aromatic amines is 1. The van der Waals surface area contributed by atoms with Crippen molar-refractivity contribution in [2.45, 2.75) is 13.3 Å². The second-order valence-corrected chi connectivity index (χ2v) is 2.76. The van der Waals surface area contributed by atoms with E-state index in [1.165, 1.54) is 0 Å². The zero-order valence-corrected chi connectivity index (χ0v) is 8.06. The molecule has 3 nitrogen and oxygen atoms in total. The molecule has 0 radical (unpaired) electrons. The van der Waals surface area contributed by atoms with Crippen molar-refractivity contribution in [2.24, 2.45) is 0 Å². The van der Waals surface area contributed by atoms with Gasteiger partial charge in [0, 0.05) is 17.1 Å². The van der Waals surface area contributed by atoms with E-state index in [9.17, 15) is 0 Å². The fourth-order valence-electron chi connectivity index (χ4n) is 1.33. The van der Waals surface area contributed by atoms with E-state index in [2.05, 4.69) is 17.1 Å². The minimum Gasteiger partial charge on any atom is -0.508 e. The highest BCUT2D eigenvalue weighted by atomic mass is 35.5. The Morgan fingerprint density at radius 3 is 2.92 bits per heavy atom. The van der Waals surface area contributed by atoms with Crippen LogP contribution in [-0.2, 0) is 6.42 Å². The number of hydrogen-bond donors (Lipinski definition) is 2. The van der Waals surface area contributed by atoms with Crippen LogP contribution in [0.5, 0.6) is 5.75 Å². The maximum absolute atomic E-state index is 9.16. The monoisotopic (exact) mass is 198 g/mol. The van der Waals surface area contributed by atoms with Gasteiger partial charge in [0.25, 0.3) is 0 Å². The van der Waals surface area contributed by atoms with E-state index in [1.807, 2.05) is 6.07 Å². The molecule has 0 spiro atoms. The molecule has 1 aromatic carbocycles. The van der Waals surface area contributed by atoms with E-state index >= 15 is 0 Å². The summed E-state index contributed by atoms with van der Waals surface area (Å²) in [6.07, 6.45) is 0.932. The molecule has 0 unspecified atom stereocenters. The quantitative estimate of drug-likeness (QED) is 0.739. The molecule has 0 aliphatic heterocycles. The van der Waals surface area contributed by atoms with E-state index < -0.39 is 0 Å². The maximum atomic E-state index is 9.16. The summed E-state index contributed by atoms with van der Waals surface area (Å²) in [5.74, 6) is 0.261. The Hall–Kier alpha value is -1.22. The number of aryl methyl sites for hydroxylation is 1. The number of halogens is 1. The van der Waals surface area contributed by atoms with E-state index in [1.54, 1.807) is 12.1 Å². The number of H-pyrrole nitrogens is 1. The second-order valence-electron chi connectivity index (χ2n) is 2.76. The lowest BCUT2D eigenvalue weighted by Crippen LogP contribution is -1.78. The summed E-state index contributed by atoms with van der Waals surface area (Å²) < 4.78 is 0. The summed E-state index contributed by atoms with van der Waals surface area (Å²) in [6.45, 7) is 2.07. The molecule has 4 heteroatoms. The van der Waals surface area contributed by atoms with Crippen LogP contribution in [0.25, 0.3) is 10.9 Å². The molecular weight excluding hydrogens is 188 g/mol. The van der Waals surface area contributed by atoms with Gasteiger partial charge in [-0.15, -0.1) is 12.4 Å². The van der Waals surface area contributed by atoms with Gasteiger partial charge in [-0.2, -0.15) is 5.10 Å². The van der Waals surface area contributed by atoms with Crippen molar-refractivity contribution in [3.05, 3.63) is 23.9 Å². The molecule has 1 aromatic heterocycles. The van der Waals surface area contributed by atoms with Crippen molar-refractivity contribution in [1.82, 2.24) is 10.2 Å². The van der Waals surface area contributed by atoms with E-state index in [0.717, 1.165) is 23.0 Å². The number of hydrogen-bond acceptors (Lipinski definition) is 2. The summed E-state index contributed by atoms with van der Waals surface area (Å²) in [5, 5.41) is 17.2. The van der Waals surface area contributed by atoms with Crippen LogP contribution in [0, 0.1) is 0 Å². The second kappa shape index (κ2) is 3.66. The van der Waals surface area contributed by atoms with Crippen molar-refractivity contribution >= 4 is 23.3 Å². The number of benzene rings is 1. The number of aromatic nitrogens is 2. The van der Waals surface area contributed by atoms with Crippen LogP contribution >= 0.6 is 12.4 Å². The average molecular weight is 199 g/mol. The van der Waals surface area contributed by atoms with Gasteiger partial charge in [-0.3, -0.25) is 5.10 Å². The zero-order chi connectivity index (χ0) is 8.55. The average Bonchev–Trinajstić information content (AvgIpc) is 2.46. The highest BCUT2D eigenvalue weighted by Gasteiger charge is 2.02. The first-order valence-corrected chi connectivity index (χ1v) is 3.97. The van der Waals surface area contributed by atoms with Crippen molar-refractivity contribution in [3.63, 3.8) is 0 Å². The third-order valence-corrected chi connectivity index (χ3v) is 1.97. The van der Waals surface area contributed by atoms with Crippen molar-refractivity contribution in [2.75, 3.05) is 0 Å². The lowest BCUT2D eigenvalue weighted by Gasteiger charge is -1.92. The fourth-order valence-corrected chi connectivity index (χ4v) is 1.33. The third-order valence-electron chi connectivity index (χ3n) is 1.97. The van der Waals surface area contributed by atoms with Crippen molar-refractivity contribution in [1.29, 1.82) is 0 Å². The predicted molar refractivity (Wildman–Crippen MR) is 54.4 cm³/mol. The summed E-state index contributed by atoms with van der Waals surface area (Å²) >= 11 is 0. The highest BCUT2D eigenvalue weighted by molar-refractivity contribution is 5.85. The first kappa shape index (κ1) is 9.86. The molecule has 0 aliphatic rings. The molecular formula is C9H11ClN2O. The Kier molecular flexibility index (Phi) is 2.78. The van der Waals surface area contributed by atoms with Crippen LogP contribution in [0.3, 0.4) is 0 Å². The molecule has 0 amide bonds. The smallest absolute Gasteiger partial charge is 0.117 e.